The van der Waals surface area contributed by atoms with Gasteiger partial charge in [0.15, 0.2) is 5.11 Å². The van der Waals surface area contributed by atoms with Crippen molar-refractivity contribution in [2.45, 2.75) is 46.3 Å². The molecule has 30 heavy (non-hydrogen) atoms. The number of ether oxygens (including phenoxy) is 1. The van der Waals surface area contributed by atoms with Gasteiger partial charge in [0.1, 0.15) is 0 Å². The van der Waals surface area contributed by atoms with Gasteiger partial charge in [-0.1, -0.05) is 32.0 Å². The summed E-state index contributed by atoms with van der Waals surface area (Å²) in [6.07, 6.45) is 2.40. The maximum Gasteiger partial charge on any atom is 0.253 e. The second-order valence-corrected chi connectivity index (χ2v) is 8.32. The van der Waals surface area contributed by atoms with Gasteiger partial charge in [0, 0.05) is 31.8 Å². The summed E-state index contributed by atoms with van der Waals surface area (Å²) >= 11 is 5.72. The number of H-pyrrole nitrogens is 1. The molecular formula is C23H34N4O2S. The first-order valence-electron chi connectivity index (χ1n) is 11.0. The molecule has 164 valence electrons. The molecule has 0 saturated carbocycles. The number of para-hydroxylation sites is 1. The van der Waals surface area contributed by atoms with Gasteiger partial charge in [0.05, 0.1) is 18.2 Å². The SMILES string of the molecule is CCN(CC)CCN(Cc1cc2cccc(C)c2[nH]c1=O)C(=S)NCC1CCCO1. The zero-order valence-electron chi connectivity index (χ0n) is 18.4. The number of aromatic amines is 1. The van der Waals surface area contributed by atoms with Crippen LogP contribution in [0, 0.1) is 6.92 Å². The van der Waals surface area contributed by atoms with Crippen molar-refractivity contribution in [2.24, 2.45) is 0 Å². The van der Waals surface area contributed by atoms with Crippen LogP contribution in [0.25, 0.3) is 10.9 Å². The van der Waals surface area contributed by atoms with Crippen LogP contribution >= 0.6 is 12.2 Å². The molecule has 2 N–H and O–H groups in total. The molecule has 1 aliphatic heterocycles. The van der Waals surface area contributed by atoms with Crippen molar-refractivity contribution in [3.8, 4) is 0 Å². The maximum atomic E-state index is 12.8. The van der Waals surface area contributed by atoms with Crippen LogP contribution in [-0.2, 0) is 11.3 Å². The number of nitrogens with one attached hydrogen (secondary N) is 2. The van der Waals surface area contributed by atoms with Gasteiger partial charge >= 0.3 is 0 Å². The van der Waals surface area contributed by atoms with Crippen LogP contribution < -0.4 is 10.9 Å². The molecule has 1 unspecified atom stereocenters. The van der Waals surface area contributed by atoms with Crippen LogP contribution in [0.3, 0.4) is 0 Å². The van der Waals surface area contributed by atoms with E-state index in [9.17, 15) is 4.79 Å². The normalized spacial score (nSPS) is 16.3. The molecule has 0 amide bonds. The van der Waals surface area contributed by atoms with Gasteiger partial charge in [-0.05, 0) is 62.1 Å². The van der Waals surface area contributed by atoms with E-state index in [1.54, 1.807) is 0 Å². The fraction of sp³-hybridized carbons (Fsp3) is 0.565. The van der Waals surface area contributed by atoms with E-state index in [1.807, 2.05) is 31.2 Å². The Labute approximate surface area is 184 Å². The lowest BCUT2D eigenvalue weighted by molar-refractivity contribution is 0.113. The van der Waals surface area contributed by atoms with E-state index in [-0.39, 0.29) is 11.7 Å². The Kier molecular flexibility index (Phi) is 8.24. The quantitative estimate of drug-likeness (QED) is 0.597. The fourth-order valence-corrected chi connectivity index (χ4v) is 4.16. The average molecular weight is 431 g/mol. The molecule has 0 aliphatic carbocycles. The van der Waals surface area contributed by atoms with Crippen molar-refractivity contribution in [1.82, 2.24) is 20.1 Å². The highest BCUT2D eigenvalue weighted by atomic mass is 32.1. The van der Waals surface area contributed by atoms with Crippen LogP contribution in [0.4, 0.5) is 0 Å². The summed E-state index contributed by atoms with van der Waals surface area (Å²) in [6, 6.07) is 8.06. The Morgan fingerprint density at radius 2 is 2.10 bits per heavy atom. The number of fused-ring (bicyclic) bond motifs is 1. The number of aromatic nitrogens is 1. The third-order valence-corrected chi connectivity index (χ3v) is 6.30. The molecule has 7 heteroatoms. The molecule has 1 saturated heterocycles. The fourth-order valence-electron chi connectivity index (χ4n) is 3.92. The average Bonchev–Trinajstić information content (AvgIpc) is 3.26. The van der Waals surface area contributed by atoms with E-state index in [0.717, 1.165) is 67.7 Å². The Hall–Kier alpha value is -1.96. The van der Waals surface area contributed by atoms with Crippen molar-refractivity contribution in [1.29, 1.82) is 0 Å². The molecule has 2 heterocycles. The summed E-state index contributed by atoms with van der Waals surface area (Å²) in [6.45, 7) is 12.0. The largest absolute Gasteiger partial charge is 0.376 e. The predicted octanol–water partition coefficient (Wildman–Crippen LogP) is 3.03. The van der Waals surface area contributed by atoms with Crippen LogP contribution in [0.1, 0.15) is 37.8 Å². The lowest BCUT2D eigenvalue weighted by Crippen LogP contribution is -2.46. The standard InChI is InChI=1S/C23H34N4O2S/c1-4-26(5-2)11-12-27(23(30)24-15-20-10-7-13-29-20)16-19-14-18-9-6-8-17(3)21(18)25-22(19)28/h6,8-9,14,20H,4-5,7,10-13,15-16H2,1-3H3,(H,24,30)(H,25,28). The lowest BCUT2D eigenvalue weighted by Gasteiger charge is -2.29. The maximum absolute atomic E-state index is 12.8. The van der Waals surface area contributed by atoms with E-state index >= 15 is 0 Å². The van der Waals surface area contributed by atoms with Crippen LogP contribution in [0.15, 0.2) is 29.1 Å². The first-order chi connectivity index (χ1) is 14.5. The number of aryl methyl sites for hydroxylation is 1. The topological polar surface area (TPSA) is 60.6 Å². The first-order valence-corrected chi connectivity index (χ1v) is 11.4. The second-order valence-electron chi connectivity index (χ2n) is 7.93. The van der Waals surface area contributed by atoms with E-state index in [2.05, 4.69) is 33.9 Å². The van der Waals surface area contributed by atoms with Crippen molar-refractivity contribution in [2.75, 3.05) is 39.3 Å². The Bertz CT molecular complexity index is 904. The molecule has 1 atom stereocenters. The van der Waals surface area contributed by atoms with Gasteiger partial charge in [0.2, 0.25) is 0 Å². The van der Waals surface area contributed by atoms with E-state index in [1.165, 1.54) is 0 Å². The Morgan fingerprint density at radius 3 is 2.80 bits per heavy atom. The minimum Gasteiger partial charge on any atom is -0.376 e. The summed E-state index contributed by atoms with van der Waals surface area (Å²) in [5, 5.41) is 5.10. The highest BCUT2D eigenvalue weighted by molar-refractivity contribution is 7.80. The summed E-state index contributed by atoms with van der Waals surface area (Å²) in [5.41, 5.74) is 2.66. The van der Waals surface area contributed by atoms with Crippen molar-refractivity contribution in [3.05, 3.63) is 45.7 Å². The zero-order chi connectivity index (χ0) is 21.5. The molecule has 1 aromatic carbocycles. The molecule has 0 spiro atoms. The molecule has 0 radical (unpaired) electrons. The van der Waals surface area contributed by atoms with Crippen molar-refractivity contribution in [3.63, 3.8) is 0 Å². The van der Waals surface area contributed by atoms with Gasteiger partial charge in [0.25, 0.3) is 5.56 Å². The number of pyridine rings is 1. The minimum atomic E-state index is -0.0495. The third-order valence-electron chi connectivity index (χ3n) is 5.90. The summed E-state index contributed by atoms with van der Waals surface area (Å²) in [4.78, 5) is 20.3. The van der Waals surface area contributed by atoms with Crippen LogP contribution in [0.5, 0.6) is 0 Å². The summed E-state index contributed by atoms with van der Waals surface area (Å²) in [7, 11) is 0. The van der Waals surface area contributed by atoms with Crippen LogP contribution in [-0.4, -0.2) is 65.3 Å². The number of nitrogens with zero attached hydrogens (tertiary/aromatic N) is 2. The Balaban J connectivity index is 1.76. The van der Waals surface area contributed by atoms with Crippen molar-refractivity contribution < 1.29 is 4.74 Å². The molecule has 1 aromatic heterocycles. The number of thiocarbonyl (C=S) groups is 1. The zero-order valence-corrected chi connectivity index (χ0v) is 19.2. The van der Waals surface area contributed by atoms with Crippen LogP contribution in [0.2, 0.25) is 0 Å². The highest BCUT2D eigenvalue weighted by Gasteiger charge is 2.18. The van der Waals surface area contributed by atoms with Gasteiger partial charge in [-0.15, -0.1) is 0 Å². The summed E-state index contributed by atoms with van der Waals surface area (Å²) in [5.74, 6) is 0. The molecular weight excluding hydrogens is 396 g/mol. The first kappa shape index (κ1) is 22.7. The van der Waals surface area contributed by atoms with Crippen molar-refractivity contribution >= 4 is 28.2 Å². The second kappa shape index (κ2) is 10.9. The number of benzene rings is 1. The van der Waals surface area contributed by atoms with E-state index < -0.39 is 0 Å². The molecule has 1 fully saturated rings. The molecule has 6 nitrogen and oxygen atoms in total. The van der Waals surface area contributed by atoms with Gasteiger partial charge < -0.3 is 24.8 Å². The monoisotopic (exact) mass is 430 g/mol. The number of hydrogen-bond donors (Lipinski definition) is 2. The summed E-state index contributed by atoms with van der Waals surface area (Å²) < 4.78 is 5.71. The number of hydrogen-bond acceptors (Lipinski definition) is 4. The minimum absolute atomic E-state index is 0.0495. The van der Waals surface area contributed by atoms with Gasteiger partial charge in [-0.25, -0.2) is 0 Å². The smallest absolute Gasteiger partial charge is 0.253 e. The molecule has 1 aliphatic rings. The third kappa shape index (κ3) is 5.80. The Morgan fingerprint density at radius 1 is 1.30 bits per heavy atom. The lowest BCUT2D eigenvalue weighted by atomic mass is 10.1. The van der Waals surface area contributed by atoms with Gasteiger partial charge in [-0.2, -0.15) is 0 Å². The molecule has 3 rings (SSSR count). The highest BCUT2D eigenvalue weighted by Crippen LogP contribution is 2.16. The van der Waals surface area contributed by atoms with Gasteiger partial charge in [-0.3, -0.25) is 4.79 Å². The number of rotatable bonds is 9. The van der Waals surface area contributed by atoms with E-state index in [0.29, 0.717) is 18.2 Å². The molecule has 0 bridgehead atoms. The molecule has 2 aromatic rings. The predicted molar refractivity (Wildman–Crippen MR) is 127 cm³/mol. The van der Waals surface area contributed by atoms with E-state index in [4.69, 9.17) is 17.0 Å². The number of likely N-dealkylation sites (N-methyl/N-ethyl adjacent to an activating group) is 1.